The van der Waals surface area contributed by atoms with Crippen molar-refractivity contribution in [2.75, 3.05) is 39.6 Å². The molecule has 0 fully saturated rings. The molecule has 0 spiro atoms. The van der Waals surface area contributed by atoms with E-state index in [1.165, 1.54) is 0 Å². The minimum atomic E-state index is -0.0111. The topological polar surface area (TPSA) is 109 Å². The fourth-order valence-corrected chi connectivity index (χ4v) is 2.03. The van der Waals surface area contributed by atoms with Crippen LogP contribution in [0.5, 0.6) is 0 Å². The van der Waals surface area contributed by atoms with E-state index >= 15 is 0 Å². The van der Waals surface area contributed by atoms with E-state index in [0.29, 0.717) is 46.0 Å². The molecule has 3 atom stereocenters. The van der Waals surface area contributed by atoms with Crippen molar-refractivity contribution in [2.24, 2.45) is 11.5 Å². The van der Waals surface area contributed by atoms with E-state index in [1.807, 2.05) is 20.8 Å². The standard InChI is InChI=1S/C17H37N3O4/c1-14(19)11-22-9-10-24-16(3)13-23-12-15(2)20-17(21)7-5-4-6-8-18/h14-16H,4-13,18-19H2,1-3H3,(H,20,21). The number of rotatable bonds is 16. The van der Waals surface area contributed by atoms with Crippen molar-refractivity contribution in [1.29, 1.82) is 0 Å². The Kier molecular flexibility index (Phi) is 15.3. The Morgan fingerprint density at radius 3 is 2.42 bits per heavy atom. The molecule has 144 valence electrons. The highest BCUT2D eigenvalue weighted by Crippen LogP contribution is 1.99. The van der Waals surface area contributed by atoms with Crippen molar-refractivity contribution < 1.29 is 19.0 Å². The predicted octanol–water partition coefficient (Wildman–Crippen LogP) is 0.796. The molecule has 3 unspecified atom stereocenters. The third-order valence-electron chi connectivity index (χ3n) is 3.25. The number of unbranched alkanes of at least 4 members (excludes halogenated alkanes) is 2. The highest BCUT2D eigenvalue weighted by Gasteiger charge is 2.09. The van der Waals surface area contributed by atoms with Crippen molar-refractivity contribution in [1.82, 2.24) is 5.32 Å². The van der Waals surface area contributed by atoms with Crippen molar-refractivity contribution in [2.45, 2.75) is 64.6 Å². The molecule has 0 saturated carbocycles. The summed E-state index contributed by atoms with van der Waals surface area (Å²) < 4.78 is 16.5. The van der Waals surface area contributed by atoms with Crippen LogP contribution in [0.25, 0.3) is 0 Å². The van der Waals surface area contributed by atoms with Crippen LogP contribution in [0.3, 0.4) is 0 Å². The molecule has 0 aliphatic rings. The molecule has 1 amide bonds. The van der Waals surface area contributed by atoms with E-state index in [0.717, 1.165) is 19.3 Å². The molecular formula is C17H37N3O4. The average molecular weight is 348 g/mol. The third-order valence-corrected chi connectivity index (χ3v) is 3.25. The molecular weight excluding hydrogens is 310 g/mol. The molecule has 0 bridgehead atoms. The van der Waals surface area contributed by atoms with Crippen LogP contribution in [0.2, 0.25) is 0 Å². The summed E-state index contributed by atoms with van der Waals surface area (Å²) in [6.45, 7) is 9.03. The van der Waals surface area contributed by atoms with Gasteiger partial charge in [0.05, 0.1) is 39.1 Å². The molecule has 0 aliphatic carbocycles. The Morgan fingerprint density at radius 1 is 1.00 bits per heavy atom. The van der Waals surface area contributed by atoms with E-state index in [-0.39, 0.29) is 24.1 Å². The van der Waals surface area contributed by atoms with E-state index in [1.54, 1.807) is 0 Å². The number of ether oxygens (including phenoxy) is 3. The van der Waals surface area contributed by atoms with E-state index in [4.69, 9.17) is 25.7 Å². The Labute approximate surface area is 146 Å². The smallest absolute Gasteiger partial charge is 0.220 e. The van der Waals surface area contributed by atoms with E-state index in [9.17, 15) is 4.79 Å². The highest BCUT2D eigenvalue weighted by atomic mass is 16.5. The third kappa shape index (κ3) is 16.1. The molecule has 0 radical (unpaired) electrons. The number of nitrogens with one attached hydrogen (secondary N) is 1. The van der Waals surface area contributed by atoms with Crippen LogP contribution in [0.15, 0.2) is 0 Å². The first-order valence-corrected chi connectivity index (χ1v) is 8.97. The molecule has 0 aromatic rings. The Hall–Kier alpha value is -0.730. The normalized spacial score (nSPS) is 15.0. The number of hydrogen-bond acceptors (Lipinski definition) is 6. The number of amides is 1. The molecule has 0 aromatic heterocycles. The van der Waals surface area contributed by atoms with Crippen molar-refractivity contribution in [3.8, 4) is 0 Å². The Morgan fingerprint density at radius 2 is 1.75 bits per heavy atom. The Bertz CT molecular complexity index is 304. The lowest BCUT2D eigenvalue weighted by Gasteiger charge is -2.17. The maximum atomic E-state index is 11.7. The number of carbonyl (C=O) groups is 1. The fraction of sp³-hybridized carbons (Fsp3) is 0.941. The molecule has 7 nitrogen and oxygen atoms in total. The molecule has 0 saturated heterocycles. The lowest BCUT2D eigenvalue weighted by Crippen LogP contribution is -2.36. The summed E-state index contributed by atoms with van der Waals surface area (Å²) in [6.07, 6.45) is 3.39. The van der Waals surface area contributed by atoms with Crippen LogP contribution in [0.4, 0.5) is 0 Å². The van der Waals surface area contributed by atoms with Crippen LogP contribution in [0.1, 0.15) is 46.5 Å². The lowest BCUT2D eigenvalue weighted by atomic mass is 10.2. The van der Waals surface area contributed by atoms with E-state index in [2.05, 4.69) is 5.32 Å². The van der Waals surface area contributed by atoms with Gasteiger partial charge in [0.25, 0.3) is 0 Å². The van der Waals surface area contributed by atoms with Gasteiger partial charge in [-0.2, -0.15) is 0 Å². The maximum Gasteiger partial charge on any atom is 0.220 e. The zero-order valence-corrected chi connectivity index (χ0v) is 15.6. The first kappa shape index (κ1) is 23.3. The van der Waals surface area contributed by atoms with Crippen molar-refractivity contribution in [3.63, 3.8) is 0 Å². The molecule has 24 heavy (non-hydrogen) atoms. The van der Waals surface area contributed by atoms with Crippen LogP contribution in [-0.4, -0.2) is 63.7 Å². The predicted molar refractivity (Wildman–Crippen MR) is 95.8 cm³/mol. The quantitative estimate of drug-likeness (QED) is 0.356. The van der Waals surface area contributed by atoms with Gasteiger partial charge in [0.15, 0.2) is 0 Å². The van der Waals surface area contributed by atoms with Gasteiger partial charge in [-0.05, 0) is 40.2 Å². The summed E-state index contributed by atoms with van der Waals surface area (Å²) in [5, 5.41) is 2.93. The van der Waals surface area contributed by atoms with Gasteiger partial charge in [-0.15, -0.1) is 0 Å². The zero-order chi connectivity index (χ0) is 18.2. The summed E-state index contributed by atoms with van der Waals surface area (Å²) in [4.78, 5) is 11.7. The summed E-state index contributed by atoms with van der Waals surface area (Å²) in [7, 11) is 0. The number of hydrogen-bond donors (Lipinski definition) is 3. The number of carbonyl (C=O) groups excluding carboxylic acids is 1. The minimum Gasteiger partial charge on any atom is -0.377 e. The van der Waals surface area contributed by atoms with Gasteiger partial charge in [-0.1, -0.05) is 6.42 Å². The highest BCUT2D eigenvalue weighted by molar-refractivity contribution is 5.76. The van der Waals surface area contributed by atoms with Gasteiger partial charge in [0.2, 0.25) is 5.91 Å². The summed E-state index contributed by atoms with van der Waals surface area (Å²) in [6, 6.07) is 0.0386. The fourth-order valence-electron chi connectivity index (χ4n) is 2.03. The van der Waals surface area contributed by atoms with E-state index < -0.39 is 0 Å². The second-order valence-corrected chi connectivity index (χ2v) is 6.34. The lowest BCUT2D eigenvalue weighted by molar-refractivity contribution is -0.122. The second-order valence-electron chi connectivity index (χ2n) is 6.34. The van der Waals surface area contributed by atoms with Crippen LogP contribution in [-0.2, 0) is 19.0 Å². The minimum absolute atomic E-state index is 0.00594. The Balaban J connectivity index is 3.51. The maximum absolute atomic E-state index is 11.7. The zero-order valence-electron chi connectivity index (χ0n) is 15.6. The first-order chi connectivity index (χ1) is 11.5. The SMILES string of the molecule is CC(N)COCCOC(C)COCC(C)NC(=O)CCCCCN. The van der Waals surface area contributed by atoms with Crippen LogP contribution >= 0.6 is 0 Å². The van der Waals surface area contributed by atoms with Gasteiger partial charge in [-0.25, -0.2) is 0 Å². The van der Waals surface area contributed by atoms with Crippen LogP contribution < -0.4 is 16.8 Å². The van der Waals surface area contributed by atoms with Gasteiger partial charge >= 0.3 is 0 Å². The average Bonchev–Trinajstić information content (AvgIpc) is 2.51. The van der Waals surface area contributed by atoms with Gasteiger partial charge < -0.3 is 31.0 Å². The summed E-state index contributed by atoms with van der Waals surface area (Å²) in [5.41, 5.74) is 11.0. The molecule has 0 rings (SSSR count). The summed E-state index contributed by atoms with van der Waals surface area (Å²) >= 11 is 0. The van der Waals surface area contributed by atoms with Crippen molar-refractivity contribution in [3.05, 3.63) is 0 Å². The molecule has 7 heteroatoms. The monoisotopic (exact) mass is 347 g/mol. The molecule has 5 N–H and O–H groups in total. The molecule has 0 aromatic carbocycles. The number of nitrogens with two attached hydrogens (primary N) is 2. The van der Waals surface area contributed by atoms with Crippen molar-refractivity contribution >= 4 is 5.91 Å². The molecule has 0 aliphatic heterocycles. The van der Waals surface area contributed by atoms with Crippen LogP contribution in [0, 0.1) is 0 Å². The first-order valence-electron chi connectivity index (χ1n) is 8.97. The summed E-state index contributed by atoms with van der Waals surface area (Å²) in [5.74, 6) is 0.0682. The largest absolute Gasteiger partial charge is 0.377 e. The van der Waals surface area contributed by atoms with Gasteiger partial charge in [-0.3, -0.25) is 4.79 Å². The second kappa shape index (κ2) is 15.8. The van der Waals surface area contributed by atoms with Gasteiger partial charge in [0.1, 0.15) is 0 Å². The van der Waals surface area contributed by atoms with Gasteiger partial charge in [0, 0.05) is 18.5 Å². The molecule has 0 heterocycles.